The van der Waals surface area contributed by atoms with Gasteiger partial charge < -0.3 is 4.90 Å². The minimum absolute atomic E-state index is 0.129. The van der Waals surface area contributed by atoms with Gasteiger partial charge in [0.2, 0.25) is 0 Å². The predicted molar refractivity (Wildman–Crippen MR) is 85.9 cm³/mol. The lowest BCUT2D eigenvalue weighted by molar-refractivity contribution is -0.384. The number of benzene rings is 1. The van der Waals surface area contributed by atoms with Crippen molar-refractivity contribution in [1.82, 2.24) is 4.90 Å². The molecule has 0 fully saturated rings. The molecule has 0 atom stereocenters. The molecular weight excluding hydrogens is 380 g/mol. The molecule has 0 saturated heterocycles. The average molecular weight is 390 g/mol. The molecule has 0 aliphatic carbocycles. The third kappa shape index (κ3) is 3.61. The van der Waals surface area contributed by atoms with E-state index in [1.807, 2.05) is 11.4 Å². The van der Waals surface area contributed by atoms with Crippen molar-refractivity contribution < 1.29 is 9.72 Å². The van der Waals surface area contributed by atoms with E-state index in [1.165, 1.54) is 34.4 Å². The monoisotopic (exact) mass is 388 g/mol. The molecule has 0 bridgehead atoms. The van der Waals surface area contributed by atoms with Crippen LogP contribution >= 0.6 is 38.9 Å². The summed E-state index contributed by atoms with van der Waals surface area (Å²) < 4.78 is 0.955. The molecule has 110 valence electrons. The summed E-state index contributed by atoms with van der Waals surface area (Å²) in [6, 6.07) is 6.13. The van der Waals surface area contributed by atoms with Crippen LogP contribution in [0.2, 0.25) is 5.02 Å². The Balaban J connectivity index is 2.23. The van der Waals surface area contributed by atoms with Crippen molar-refractivity contribution >= 4 is 50.5 Å². The van der Waals surface area contributed by atoms with Gasteiger partial charge in [-0.1, -0.05) is 17.7 Å². The summed E-state index contributed by atoms with van der Waals surface area (Å²) in [5.41, 5.74) is -0.140. The molecule has 0 spiro atoms. The number of nitro benzene ring substituents is 1. The molecule has 0 aliphatic rings. The summed E-state index contributed by atoms with van der Waals surface area (Å²) in [7, 11) is 1.63. The topological polar surface area (TPSA) is 63.5 Å². The van der Waals surface area contributed by atoms with Crippen LogP contribution in [-0.2, 0) is 6.54 Å². The van der Waals surface area contributed by atoms with Crippen LogP contribution in [0.15, 0.2) is 34.1 Å². The van der Waals surface area contributed by atoms with Gasteiger partial charge in [-0.05, 0) is 28.1 Å². The van der Waals surface area contributed by atoms with Gasteiger partial charge >= 0.3 is 0 Å². The van der Waals surface area contributed by atoms with Gasteiger partial charge in [0, 0.05) is 27.8 Å². The van der Waals surface area contributed by atoms with Crippen LogP contribution < -0.4 is 0 Å². The zero-order valence-electron chi connectivity index (χ0n) is 10.9. The van der Waals surface area contributed by atoms with Crippen LogP contribution in [0.5, 0.6) is 0 Å². The lowest BCUT2D eigenvalue weighted by atomic mass is 10.1. The Morgan fingerprint density at radius 1 is 1.52 bits per heavy atom. The standard InChI is InChI=1S/C13H10BrClN2O3S/c1-16(6-9-5-8(14)7-21-9)13(18)10-3-2-4-11(12(10)15)17(19)20/h2-5,7H,6H2,1H3. The highest BCUT2D eigenvalue weighted by Crippen LogP contribution is 2.29. The summed E-state index contributed by atoms with van der Waals surface area (Å²) in [6.45, 7) is 0.411. The number of rotatable bonds is 4. The van der Waals surface area contributed by atoms with E-state index in [2.05, 4.69) is 15.9 Å². The maximum atomic E-state index is 12.4. The Bertz CT molecular complexity index is 704. The molecule has 1 amide bonds. The highest BCUT2D eigenvalue weighted by molar-refractivity contribution is 9.10. The van der Waals surface area contributed by atoms with Crippen molar-refractivity contribution in [2.24, 2.45) is 0 Å². The lowest BCUT2D eigenvalue weighted by Gasteiger charge is -2.16. The number of carbonyl (C=O) groups excluding carboxylic acids is 1. The van der Waals surface area contributed by atoms with E-state index in [0.29, 0.717) is 6.54 Å². The maximum absolute atomic E-state index is 12.4. The minimum Gasteiger partial charge on any atom is -0.337 e. The minimum atomic E-state index is -0.602. The molecule has 0 unspecified atom stereocenters. The normalized spacial score (nSPS) is 10.4. The second kappa shape index (κ2) is 6.55. The zero-order valence-corrected chi connectivity index (χ0v) is 14.0. The Morgan fingerprint density at radius 2 is 2.24 bits per heavy atom. The molecule has 0 N–H and O–H groups in total. The SMILES string of the molecule is CN(Cc1cc(Br)cs1)C(=O)c1cccc([N+](=O)[O-])c1Cl. The van der Waals surface area contributed by atoms with Crippen LogP contribution in [0.25, 0.3) is 0 Å². The Hall–Kier alpha value is -1.44. The molecule has 1 aromatic heterocycles. The number of hydrogen-bond acceptors (Lipinski definition) is 4. The van der Waals surface area contributed by atoms with Gasteiger partial charge in [0.25, 0.3) is 11.6 Å². The van der Waals surface area contributed by atoms with Crippen molar-refractivity contribution in [3.8, 4) is 0 Å². The van der Waals surface area contributed by atoms with Crippen LogP contribution in [0.1, 0.15) is 15.2 Å². The Labute approximate surface area is 138 Å². The van der Waals surface area contributed by atoms with Gasteiger partial charge in [-0.15, -0.1) is 11.3 Å². The van der Waals surface area contributed by atoms with E-state index >= 15 is 0 Å². The Kier molecular flexibility index (Phi) is 4.97. The fraction of sp³-hybridized carbons (Fsp3) is 0.154. The number of amides is 1. The number of thiophene rings is 1. The summed E-state index contributed by atoms with van der Waals surface area (Å²) in [5, 5.41) is 12.6. The second-order valence-electron chi connectivity index (χ2n) is 4.29. The van der Waals surface area contributed by atoms with Crippen molar-refractivity contribution in [2.45, 2.75) is 6.54 Å². The first-order chi connectivity index (χ1) is 9.90. The molecule has 21 heavy (non-hydrogen) atoms. The molecule has 0 saturated carbocycles. The molecule has 1 heterocycles. The van der Waals surface area contributed by atoms with Crippen LogP contribution in [0, 0.1) is 10.1 Å². The van der Waals surface area contributed by atoms with E-state index in [9.17, 15) is 14.9 Å². The van der Waals surface area contributed by atoms with E-state index in [1.54, 1.807) is 7.05 Å². The summed E-state index contributed by atoms with van der Waals surface area (Å²) in [6.07, 6.45) is 0. The lowest BCUT2D eigenvalue weighted by Crippen LogP contribution is -2.26. The van der Waals surface area contributed by atoms with Crippen molar-refractivity contribution in [2.75, 3.05) is 7.05 Å². The first kappa shape index (κ1) is 15.9. The first-order valence-corrected chi connectivity index (χ1v) is 7.86. The fourth-order valence-electron chi connectivity index (χ4n) is 1.77. The van der Waals surface area contributed by atoms with Crippen molar-refractivity contribution in [3.05, 3.63) is 59.7 Å². The van der Waals surface area contributed by atoms with Crippen molar-refractivity contribution in [3.63, 3.8) is 0 Å². The largest absolute Gasteiger partial charge is 0.337 e. The van der Waals surface area contributed by atoms with Crippen LogP contribution in [0.3, 0.4) is 0 Å². The highest BCUT2D eigenvalue weighted by Gasteiger charge is 2.22. The quantitative estimate of drug-likeness (QED) is 0.577. The van der Waals surface area contributed by atoms with E-state index in [-0.39, 0.29) is 22.2 Å². The molecule has 0 radical (unpaired) electrons. The Morgan fingerprint density at radius 3 is 2.81 bits per heavy atom. The predicted octanol–water partition coefficient (Wildman–Crippen LogP) is 4.34. The number of nitrogens with zero attached hydrogens (tertiary/aromatic N) is 2. The average Bonchev–Trinajstić information content (AvgIpc) is 2.83. The first-order valence-electron chi connectivity index (χ1n) is 5.81. The van der Waals surface area contributed by atoms with Crippen molar-refractivity contribution in [1.29, 1.82) is 0 Å². The summed E-state index contributed by atoms with van der Waals surface area (Å²) >= 11 is 10.8. The van der Waals surface area contributed by atoms with Gasteiger partial charge in [0.1, 0.15) is 5.02 Å². The van der Waals surface area contributed by atoms with E-state index in [4.69, 9.17) is 11.6 Å². The third-order valence-corrected chi connectivity index (χ3v) is 4.85. The molecule has 5 nitrogen and oxygen atoms in total. The highest BCUT2D eigenvalue weighted by atomic mass is 79.9. The number of hydrogen-bond donors (Lipinski definition) is 0. The fourth-order valence-corrected chi connectivity index (χ4v) is 3.55. The number of nitro groups is 1. The number of carbonyl (C=O) groups is 1. The van der Waals surface area contributed by atoms with Gasteiger partial charge in [-0.3, -0.25) is 14.9 Å². The zero-order chi connectivity index (χ0) is 15.6. The molecule has 0 aliphatic heterocycles. The summed E-state index contributed by atoms with van der Waals surface area (Å²) in [4.78, 5) is 25.1. The smallest absolute Gasteiger partial charge is 0.288 e. The molecule has 8 heteroatoms. The van der Waals surface area contributed by atoms with Gasteiger partial charge in [-0.2, -0.15) is 0 Å². The second-order valence-corrected chi connectivity index (χ2v) is 6.58. The van der Waals surface area contributed by atoms with Crippen LogP contribution in [-0.4, -0.2) is 22.8 Å². The molecule has 2 aromatic rings. The van der Waals surface area contributed by atoms with Gasteiger partial charge in [-0.25, -0.2) is 0 Å². The molecule has 1 aromatic carbocycles. The van der Waals surface area contributed by atoms with Crippen LogP contribution in [0.4, 0.5) is 5.69 Å². The maximum Gasteiger partial charge on any atom is 0.288 e. The van der Waals surface area contributed by atoms with E-state index in [0.717, 1.165) is 9.35 Å². The number of halogens is 2. The summed E-state index contributed by atoms with van der Waals surface area (Å²) in [5.74, 6) is -0.353. The molecular formula is C13H10BrClN2O3S. The van der Waals surface area contributed by atoms with Gasteiger partial charge in [0.05, 0.1) is 17.0 Å². The van der Waals surface area contributed by atoms with Gasteiger partial charge in [0.15, 0.2) is 0 Å². The van der Waals surface area contributed by atoms with E-state index < -0.39 is 4.92 Å². The third-order valence-electron chi connectivity index (χ3n) is 2.77. The molecule has 2 rings (SSSR count).